The zero-order chi connectivity index (χ0) is 14.4. The van der Waals surface area contributed by atoms with Crippen LogP contribution in [-0.2, 0) is 0 Å². The molecule has 0 spiro atoms. The number of fused-ring (bicyclic) bond motifs is 3. The Morgan fingerprint density at radius 3 is 2.43 bits per heavy atom. The molecule has 5 nitrogen and oxygen atoms in total. The Balaban J connectivity index is 2.12. The molecular weight excluding hydrogens is 286 g/mol. The van der Waals surface area contributed by atoms with Crippen LogP contribution in [0.25, 0.3) is 27.8 Å². The third-order valence-electron chi connectivity index (χ3n) is 3.41. The summed E-state index contributed by atoms with van der Waals surface area (Å²) in [5, 5.41) is 15.2. The second-order valence-corrected chi connectivity index (χ2v) is 5.08. The van der Waals surface area contributed by atoms with E-state index in [9.17, 15) is 0 Å². The van der Waals surface area contributed by atoms with Crippen LogP contribution in [0.5, 0.6) is 0 Å². The number of nitrogens with zero attached hydrogens (tertiary/aromatic N) is 4. The molecule has 0 aliphatic carbocycles. The largest absolute Gasteiger partial charge is 0.382 e. The first-order valence-corrected chi connectivity index (χ1v) is 6.78. The van der Waals surface area contributed by atoms with Crippen LogP contribution < -0.4 is 5.73 Å². The van der Waals surface area contributed by atoms with Gasteiger partial charge in [-0.2, -0.15) is 4.52 Å². The summed E-state index contributed by atoms with van der Waals surface area (Å²) in [7, 11) is 0. The van der Waals surface area contributed by atoms with Crippen molar-refractivity contribution in [1.29, 1.82) is 0 Å². The highest BCUT2D eigenvalue weighted by molar-refractivity contribution is 6.33. The summed E-state index contributed by atoms with van der Waals surface area (Å²) in [6.07, 6.45) is 0. The fourth-order valence-corrected chi connectivity index (χ4v) is 2.64. The number of nitrogens with two attached hydrogens (primary N) is 1. The molecule has 0 fully saturated rings. The molecule has 0 atom stereocenters. The third-order valence-corrected chi connectivity index (χ3v) is 3.74. The molecule has 0 radical (unpaired) electrons. The summed E-state index contributed by atoms with van der Waals surface area (Å²) < 4.78 is 1.64. The van der Waals surface area contributed by atoms with E-state index in [1.165, 1.54) is 0 Å². The first kappa shape index (κ1) is 12.1. The molecule has 0 aliphatic rings. The molecule has 2 N–H and O–H groups in total. The Kier molecular flexibility index (Phi) is 2.55. The lowest BCUT2D eigenvalue weighted by Gasteiger charge is -2.05. The Morgan fingerprint density at radius 2 is 1.62 bits per heavy atom. The van der Waals surface area contributed by atoms with Gasteiger partial charge in [-0.1, -0.05) is 48.0 Å². The quantitative estimate of drug-likeness (QED) is 0.585. The predicted octanol–water partition coefficient (Wildman–Crippen LogP) is 3.18. The summed E-state index contributed by atoms with van der Waals surface area (Å²) in [5.41, 5.74) is 7.48. The molecule has 6 heteroatoms. The lowest BCUT2D eigenvalue weighted by Crippen LogP contribution is -2.01. The van der Waals surface area contributed by atoms with Gasteiger partial charge in [0, 0.05) is 16.3 Å². The van der Waals surface area contributed by atoms with Crippen LogP contribution in [0.2, 0.25) is 5.02 Å². The summed E-state index contributed by atoms with van der Waals surface area (Å²) in [6.45, 7) is 0. The normalized spacial score (nSPS) is 11.3. The van der Waals surface area contributed by atoms with Crippen LogP contribution in [0, 0.1) is 0 Å². The summed E-state index contributed by atoms with van der Waals surface area (Å²) in [4.78, 5) is 0. The molecule has 0 saturated carbocycles. The van der Waals surface area contributed by atoms with E-state index in [1.807, 2.05) is 48.5 Å². The molecule has 0 saturated heterocycles. The number of aromatic nitrogens is 4. The van der Waals surface area contributed by atoms with Crippen molar-refractivity contribution in [3.8, 4) is 11.4 Å². The van der Waals surface area contributed by atoms with Crippen molar-refractivity contribution >= 4 is 33.8 Å². The summed E-state index contributed by atoms with van der Waals surface area (Å²) in [6, 6.07) is 15.2. The van der Waals surface area contributed by atoms with Crippen molar-refractivity contribution < 1.29 is 0 Å². The van der Waals surface area contributed by atoms with Gasteiger partial charge in [-0.25, -0.2) is 0 Å². The smallest absolute Gasteiger partial charge is 0.186 e. The molecule has 102 valence electrons. The Hall–Kier alpha value is -2.66. The van der Waals surface area contributed by atoms with Crippen LogP contribution in [-0.4, -0.2) is 19.8 Å². The zero-order valence-corrected chi connectivity index (χ0v) is 11.6. The number of hydrogen-bond donors (Lipinski definition) is 1. The van der Waals surface area contributed by atoms with Crippen molar-refractivity contribution in [2.75, 3.05) is 5.73 Å². The van der Waals surface area contributed by atoms with Crippen molar-refractivity contribution in [2.45, 2.75) is 0 Å². The van der Waals surface area contributed by atoms with E-state index in [1.54, 1.807) is 4.52 Å². The maximum Gasteiger partial charge on any atom is 0.186 e. The lowest BCUT2D eigenvalue weighted by molar-refractivity contribution is 0.954. The van der Waals surface area contributed by atoms with Gasteiger partial charge in [0.25, 0.3) is 0 Å². The van der Waals surface area contributed by atoms with Crippen molar-refractivity contribution in [1.82, 2.24) is 19.8 Å². The minimum atomic E-state index is 0.436. The number of halogens is 1. The fourth-order valence-electron chi connectivity index (χ4n) is 2.42. The van der Waals surface area contributed by atoms with E-state index < -0.39 is 0 Å². The molecule has 4 rings (SSSR count). The lowest BCUT2D eigenvalue weighted by atomic mass is 10.2. The van der Waals surface area contributed by atoms with E-state index in [0.717, 1.165) is 16.3 Å². The second kappa shape index (κ2) is 4.43. The molecule has 2 aromatic heterocycles. The number of rotatable bonds is 1. The number of hydrogen-bond acceptors (Lipinski definition) is 4. The Morgan fingerprint density at radius 1 is 0.905 bits per heavy atom. The van der Waals surface area contributed by atoms with Gasteiger partial charge < -0.3 is 5.73 Å². The minimum absolute atomic E-state index is 0.436. The summed E-state index contributed by atoms with van der Waals surface area (Å²) >= 11 is 6.23. The van der Waals surface area contributed by atoms with Gasteiger partial charge in [0.05, 0.1) is 5.02 Å². The highest BCUT2D eigenvalue weighted by atomic mass is 35.5. The van der Waals surface area contributed by atoms with E-state index in [2.05, 4.69) is 15.3 Å². The number of benzene rings is 2. The monoisotopic (exact) mass is 295 g/mol. The molecule has 0 aliphatic heterocycles. The summed E-state index contributed by atoms with van der Waals surface area (Å²) in [5.74, 6) is 1.01. The van der Waals surface area contributed by atoms with Gasteiger partial charge >= 0.3 is 0 Å². The first-order valence-electron chi connectivity index (χ1n) is 6.40. The van der Waals surface area contributed by atoms with Crippen molar-refractivity contribution in [2.24, 2.45) is 0 Å². The topological polar surface area (TPSA) is 69.1 Å². The van der Waals surface area contributed by atoms with Gasteiger partial charge in [0.15, 0.2) is 17.3 Å². The Labute approximate surface area is 125 Å². The third kappa shape index (κ3) is 1.75. The van der Waals surface area contributed by atoms with Gasteiger partial charge in [-0.3, -0.25) is 0 Å². The van der Waals surface area contributed by atoms with Crippen molar-refractivity contribution in [3.63, 3.8) is 0 Å². The van der Waals surface area contributed by atoms with Crippen LogP contribution in [0.1, 0.15) is 0 Å². The number of anilines is 1. The predicted molar refractivity (Wildman–Crippen MR) is 83.1 cm³/mol. The molecule has 0 amide bonds. The Bertz CT molecular complexity index is 976. The average molecular weight is 296 g/mol. The molecule has 2 heterocycles. The second-order valence-electron chi connectivity index (χ2n) is 4.67. The maximum absolute atomic E-state index is 6.23. The molecule has 0 unspecified atom stereocenters. The van der Waals surface area contributed by atoms with Gasteiger partial charge in [0.1, 0.15) is 0 Å². The van der Waals surface area contributed by atoms with Gasteiger partial charge in [-0.05, 0) is 12.1 Å². The number of nitrogen functional groups attached to an aromatic ring is 1. The fraction of sp³-hybridized carbons (Fsp3) is 0. The van der Waals surface area contributed by atoms with E-state index in [4.69, 9.17) is 17.3 Å². The van der Waals surface area contributed by atoms with Crippen LogP contribution >= 0.6 is 11.6 Å². The zero-order valence-electron chi connectivity index (χ0n) is 10.9. The van der Waals surface area contributed by atoms with E-state index in [0.29, 0.717) is 22.3 Å². The van der Waals surface area contributed by atoms with E-state index >= 15 is 0 Å². The van der Waals surface area contributed by atoms with Gasteiger partial charge in [0.2, 0.25) is 0 Å². The first-order chi connectivity index (χ1) is 10.3. The van der Waals surface area contributed by atoms with Crippen molar-refractivity contribution in [3.05, 3.63) is 53.6 Å². The highest BCUT2D eigenvalue weighted by Crippen LogP contribution is 2.29. The van der Waals surface area contributed by atoms with E-state index in [-0.39, 0.29) is 0 Å². The highest BCUT2D eigenvalue weighted by Gasteiger charge is 2.15. The molecule has 21 heavy (non-hydrogen) atoms. The minimum Gasteiger partial charge on any atom is -0.382 e. The maximum atomic E-state index is 6.23. The molecule has 4 aromatic rings. The van der Waals surface area contributed by atoms with Crippen LogP contribution in [0.4, 0.5) is 5.82 Å². The molecular formula is C15H10ClN5. The van der Waals surface area contributed by atoms with Gasteiger partial charge in [-0.15, -0.1) is 15.3 Å². The standard InChI is InChI=1S/C15H10ClN5/c16-12-8-4-3-7-11(12)15-19-18-14-10-6-2-1-5-9(10)13(17)20-21(14)15/h1-8H,(H2,17,20). The molecule has 0 bridgehead atoms. The molecule has 2 aromatic carbocycles. The van der Waals surface area contributed by atoms with Crippen LogP contribution in [0.3, 0.4) is 0 Å². The SMILES string of the molecule is Nc1nn2c(-c3ccccc3Cl)nnc2c2ccccc12. The average Bonchev–Trinajstić information content (AvgIpc) is 2.92. The van der Waals surface area contributed by atoms with Crippen LogP contribution in [0.15, 0.2) is 48.5 Å².